The Morgan fingerprint density at radius 2 is 1.03 bits per heavy atom. The van der Waals surface area contributed by atoms with E-state index in [0.29, 0.717) is 0 Å². The Morgan fingerprint density at radius 1 is 0.567 bits per heavy atom. The number of ether oxygens (including phenoxy) is 2. The fourth-order valence-electron chi connectivity index (χ4n) is 3.98. The van der Waals surface area contributed by atoms with Crippen LogP contribution in [0.2, 0.25) is 0 Å². The summed E-state index contributed by atoms with van der Waals surface area (Å²) >= 11 is 0. The summed E-state index contributed by atoms with van der Waals surface area (Å²) in [6.07, 6.45) is 3.57. The van der Waals surface area contributed by atoms with Crippen molar-refractivity contribution in [1.82, 2.24) is 9.97 Å². The van der Waals surface area contributed by atoms with Gasteiger partial charge in [-0.05, 0) is 33.7 Å². The molecule has 0 N–H and O–H groups in total. The zero-order chi connectivity index (χ0) is 20.5. The molecule has 0 aliphatic carbocycles. The van der Waals surface area contributed by atoms with Crippen molar-refractivity contribution in [2.24, 2.45) is 0 Å². The number of rotatable bonds is 4. The lowest BCUT2D eigenvalue weighted by Gasteiger charge is -2.14. The highest BCUT2D eigenvalue weighted by molar-refractivity contribution is 6.01. The first kappa shape index (κ1) is 18.1. The van der Waals surface area contributed by atoms with E-state index >= 15 is 0 Å². The van der Waals surface area contributed by atoms with Crippen molar-refractivity contribution in [2.75, 3.05) is 14.2 Å². The van der Waals surface area contributed by atoms with Crippen LogP contribution in [0.3, 0.4) is 0 Å². The molecule has 0 saturated heterocycles. The zero-order valence-corrected chi connectivity index (χ0v) is 16.8. The van der Waals surface area contributed by atoms with Gasteiger partial charge < -0.3 is 9.47 Å². The van der Waals surface area contributed by atoms with Gasteiger partial charge >= 0.3 is 0 Å². The molecule has 0 aliphatic rings. The number of nitrogens with zero attached hydrogens (tertiary/aromatic N) is 2. The SMILES string of the molecule is COc1ccc2ccccc2c1-c1cncc(-c2c(OC)ccc3ccccc23)n1. The van der Waals surface area contributed by atoms with Gasteiger partial charge in [0.15, 0.2) is 0 Å². The molecule has 0 fully saturated rings. The van der Waals surface area contributed by atoms with E-state index in [4.69, 9.17) is 14.5 Å². The topological polar surface area (TPSA) is 44.2 Å². The molecule has 146 valence electrons. The minimum Gasteiger partial charge on any atom is -0.496 e. The molecule has 1 heterocycles. The third-order valence-corrected chi connectivity index (χ3v) is 5.37. The number of hydrogen-bond donors (Lipinski definition) is 0. The highest BCUT2D eigenvalue weighted by Crippen LogP contribution is 2.39. The summed E-state index contributed by atoms with van der Waals surface area (Å²) in [6, 6.07) is 24.5. The predicted molar refractivity (Wildman–Crippen MR) is 121 cm³/mol. The molecule has 0 radical (unpaired) electrons. The lowest BCUT2D eigenvalue weighted by atomic mass is 9.99. The van der Waals surface area contributed by atoms with Gasteiger partial charge in [0.05, 0.1) is 49.1 Å². The van der Waals surface area contributed by atoms with E-state index in [9.17, 15) is 0 Å². The van der Waals surface area contributed by atoms with Crippen molar-refractivity contribution >= 4 is 21.5 Å². The average Bonchev–Trinajstić information content (AvgIpc) is 2.82. The molecule has 30 heavy (non-hydrogen) atoms. The van der Waals surface area contributed by atoms with Crippen LogP contribution >= 0.6 is 0 Å². The van der Waals surface area contributed by atoms with E-state index in [1.54, 1.807) is 26.6 Å². The summed E-state index contributed by atoms with van der Waals surface area (Å²) < 4.78 is 11.4. The molecule has 4 nitrogen and oxygen atoms in total. The number of aromatic nitrogens is 2. The van der Waals surface area contributed by atoms with Crippen molar-refractivity contribution in [2.45, 2.75) is 0 Å². The van der Waals surface area contributed by atoms with Crippen LogP contribution < -0.4 is 9.47 Å². The summed E-state index contributed by atoms with van der Waals surface area (Å²) in [7, 11) is 3.36. The first-order chi connectivity index (χ1) is 14.8. The first-order valence-electron chi connectivity index (χ1n) is 9.74. The van der Waals surface area contributed by atoms with Gasteiger partial charge in [-0.3, -0.25) is 4.98 Å². The maximum Gasteiger partial charge on any atom is 0.128 e. The molecule has 0 amide bonds. The van der Waals surface area contributed by atoms with Gasteiger partial charge in [-0.2, -0.15) is 0 Å². The molecule has 0 aliphatic heterocycles. The molecule has 0 atom stereocenters. The summed E-state index contributed by atoms with van der Waals surface area (Å²) in [5, 5.41) is 4.41. The second kappa shape index (κ2) is 7.48. The van der Waals surface area contributed by atoms with Crippen molar-refractivity contribution < 1.29 is 9.47 Å². The van der Waals surface area contributed by atoms with E-state index in [1.807, 2.05) is 36.4 Å². The van der Waals surface area contributed by atoms with Gasteiger partial charge in [-0.15, -0.1) is 0 Å². The maximum absolute atomic E-state index is 5.68. The smallest absolute Gasteiger partial charge is 0.128 e. The van der Waals surface area contributed by atoms with Crippen molar-refractivity contribution in [1.29, 1.82) is 0 Å². The van der Waals surface area contributed by atoms with Crippen LogP contribution in [0.25, 0.3) is 44.1 Å². The van der Waals surface area contributed by atoms with E-state index < -0.39 is 0 Å². The Morgan fingerprint density at radius 3 is 1.50 bits per heavy atom. The number of hydrogen-bond acceptors (Lipinski definition) is 4. The van der Waals surface area contributed by atoms with E-state index in [1.165, 1.54) is 0 Å². The molecule has 5 aromatic rings. The minimum absolute atomic E-state index is 0.760. The van der Waals surface area contributed by atoms with E-state index in [0.717, 1.165) is 55.6 Å². The fourth-order valence-corrected chi connectivity index (χ4v) is 3.98. The molecule has 0 saturated carbocycles. The van der Waals surface area contributed by atoms with Crippen LogP contribution in [0.1, 0.15) is 0 Å². The standard InChI is InChI=1S/C26H20N2O2/c1-29-23-13-11-17-7-3-5-9-19(17)25(23)21-15-27-16-22(28-21)26-20-10-6-4-8-18(20)12-14-24(26)30-2/h3-16H,1-2H3. The van der Waals surface area contributed by atoms with E-state index in [2.05, 4.69) is 41.4 Å². The Bertz CT molecular complexity index is 1280. The molecule has 0 spiro atoms. The van der Waals surface area contributed by atoms with Gasteiger partial charge in [0.1, 0.15) is 11.5 Å². The number of fused-ring (bicyclic) bond motifs is 2. The number of benzene rings is 4. The maximum atomic E-state index is 5.68. The lowest BCUT2D eigenvalue weighted by molar-refractivity contribution is 0.416. The molecular formula is C26H20N2O2. The molecule has 0 unspecified atom stereocenters. The molecule has 4 heteroatoms. The van der Waals surface area contributed by atoms with Gasteiger partial charge in [0.25, 0.3) is 0 Å². The largest absolute Gasteiger partial charge is 0.496 e. The first-order valence-corrected chi connectivity index (χ1v) is 9.74. The van der Waals surface area contributed by atoms with Gasteiger partial charge in [0.2, 0.25) is 0 Å². The fraction of sp³-hybridized carbons (Fsp3) is 0.0769. The Balaban J connectivity index is 1.79. The summed E-state index contributed by atoms with van der Waals surface area (Å²) in [4.78, 5) is 9.54. The van der Waals surface area contributed by atoms with Gasteiger partial charge in [-0.25, -0.2) is 4.98 Å². The quantitative estimate of drug-likeness (QED) is 0.369. The van der Waals surface area contributed by atoms with Crippen LogP contribution in [-0.2, 0) is 0 Å². The minimum atomic E-state index is 0.760. The molecular weight excluding hydrogens is 372 g/mol. The summed E-state index contributed by atoms with van der Waals surface area (Å²) in [6.45, 7) is 0. The average molecular weight is 392 g/mol. The molecule has 0 bridgehead atoms. The monoisotopic (exact) mass is 392 g/mol. The van der Waals surface area contributed by atoms with Crippen LogP contribution in [0.5, 0.6) is 11.5 Å². The normalized spacial score (nSPS) is 11.0. The summed E-state index contributed by atoms with van der Waals surface area (Å²) in [5.74, 6) is 1.54. The molecule has 1 aromatic heterocycles. The lowest BCUT2D eigenvalue weighted by Crippen LogP contribution is -1.97. The second-order valence-corrected chi connectivity index (χ2v) is 7.02. The second-order valence-electron chi connectivity index (χ2n) is 7.02. The zero-order valence-electron chi connectivity index (χ0n) is 16.8. The Labute approximate surface area is 174 Å². The van der Waals surface area contributed by atoms with Crippen LogP contribution in [0.15, 0.2) is 85.2 Å². The Hall–Kier alpha value is -3.92. The Kier molecular flexibility index (Phi) is 4.52. The number of methoxy groups -OCH3 is 2. The van der Waals surface area contributed by atoms with Crippen molar-refractivity contribution in [3.8, 4) is 34.0 Å². The van der Waals surface area contributed by atoms with Crippen LogP contribution in [-0.4, -0.2) is 24.2 Å². The van der Waals surface area contributed by atoms with Crippen LogP contribution in [0.4, 0.5) is 0 Å². The third kappa shape index (κ3) is 2.94. The summed E-state index contributed by atoms with van der Waals surface area (Å²) in [5.41, 5.74) is 3.39. The highest BCUT2D eigenvalue weighted by atomic mass is 16.5. The molecule has 5 rings (SSSR count). The van der Waals surface area contributed by atoms with Crippen LogP contribution in [0, 0.1) is 0 Å². The van der Waals surface area contributed by atoms with Gasteiger partial charge in [-0.1, -0.05) is 60.7 Å². The third-order valence-electron chi connectivity index (χ3n) is 5.37. The van der Waals surface area contributed by atoms with Crippen molar-refractivity contribution in [3.63, 3.8) is 0 Å². The molecule has 4 aromatic carbocycles. The van der Waals surface area contributed by atoms with Gasteiger partial charge in [0, 0.05) is 0 Å². The van der Waals surface area contributed by atoms with Crippen molar-refractivity contribution in [3.05, 3.63) is 85.2 Å². The predicted octanol–water partition coefficient (Wildman–Crippen LogP) is 6.13. The van der Waals surface area contributed by atoms with E-state index in [-0.39, 0.29) is 0 Å². The highest BCUT2D eigenvalue weighted by Gasteiger charge is 2.16.